The summed E-state index contributed by atoms with van der Waals surface area (Å²) in [6.45, 7) is 8.99. The number of sulfone groups is 1. The van der Waals surface area contributed by atoms with Crippen LogP contribution in [-0.2, 0) is 28.9 Å². The van der Waals surface area contributed by atoms with E-state index in [1.54, 1.807) is 30.8 Å². The van der Waals surface area contributed by atoms with Gasteiger partial charge in [-0.25, -0.2) is 23.7 Å². The summed E-state index contributed by atoms with van der Waals surface area (Å²) in [6, 6.07) is 0. The lowest BCUT2D eigenvalue weighted by Gasteiger charge is -2.32. The Morgan fingerprint density at radius 3 is 2.62 bits per heavy atom. The van der Waals surface area contributed by atoms with Gasteiger partial charge < -0.3 is 9.47 Å². The Labute approximate surface area is 245 Å². The molecule has 1 amide bonds. The van der Waals surface area contributed by atoms with Gasteiger partial charge in [-0.1, -0.05) is 39.7 Å². The van der Waals surface area contributed by atoms with Crippen LogP contribution in [0, 0.1) is 0 Å². The Kier molecular flexibility index (Phi) is 12.9. The summed E-state index contributed by atoms with van der Waals surface area (Å²) in [4.78, 5) is 28.8. The van der Waals surface area contributed by atoms with E-state index >= 15 is 0 Å². The van der Waals surface area contributed by atoms with E-state index in [2.05, 4.69) is 29.3 Å². The number of hydrogen-bond acceptors (Lipinski definition) is 10. The number of fused-ring (bicyclic) bond motifs is 1. The average molecular weight is 612 g/mol. The van der Waals surface area contributed by atoms with Crippen LogP contribution in [0.3, 0.4) is 0 Å². The second-order valence-electron chi connectivity index (χ2n) is 9.49. The molecular weight excluding hydrogens is 571 g/mol. The van der Waals surface area contributed by atoms with Crippen molar-refractivity contribution in [1.82, 2.24) is 15.4 Å². The first-order chi connectivity index (χ1) is 19.3. The van der Waals surface area contributed by atoms with Crippen LogP contribution in [0.2, 0.25) is 0 Å². The first-order valence-corrected chi connectivity index (χ1v) is 17.2. The number of carbonyl (C=O) groups is 1. The lowest BCUT2D eigenvalue weighted by atomic mass is 10.0. The fraction of sp³-hybridized carbons (Fsp3) is 0.607. The minimum Gasteiger partial charge on any atom is -0.382 e. The summed E-state index contributed by atoms with van der Waals surface area (Å²) >= 11 is 2.99. The van der Waals surface area contributed by atoms with Crippen LogP contribution in [0.1, 0.15) is 79.1 Å². The number of unbranched alkanes of at least 4 members (excludes halogenated alkanes) is 1. The zero-order valence-electron chi connectivity index (χ0n) is 23.8. The van der Waals surface area contributed by atoms with E-state index in [1.165, 1.54) is 35.5 Å². The molecule has 1 saturated heterocycles. The minimum absolute atomic E-state index is 0.00724. The Morgan fingerprint density at radius 1 is 1.20 bits per heavy atom. The average Bonchev–Trinajstić information content (AvgIpc) is 3.61. The van der Waals surface area contributed by atoms with E-state index in [4.69, 9.17) is 14.3 Å². The molecule has 2 aliphatic rings. The van der Waals surface area contributed by atoms with E-state index in [1.807, 2.05) is 13.0 Å². The van der Waals surface area contributed by atoms with Gasteiger partial charge >= 0.3 is 0 Å². The number of rotatable bonds is 12. The van der Waals surface area contributed by atoms with Crippen LogP contribution in [-0.4, -0.2) is 55.2 Å². The van der Waals surface area contributed by atoms with Crippen molar-refractivity contribution < 1.29 is 27.5 Å². The molecule has 40 heavy (non-hydrogen) atoms. The van der Waals surface area contributed by atoms with Gasteiger partial charge in [-0.2, -0.15) is 0 Å². The number of nitrogens with zero attached hydrogens (tertiary/aromatic N) is 2. The smallest absolute Gasteiger partial charge is 0.265 e. The van der Waals surface area contributed by atoms with E-state index in [-0.39, 0.29) is 30.8 Å². The van der Waals surface area contributed by atoms with Crippen molar-refractivity contribution in [3.8, 4) is 9.88 Å². The van der Waals surface area contributed by atoms with Crippen LogP contribution in [0.15, 0.2) is 22.7 Å². The number of thiazole rings is 2. The monoisotopic (exact) mass is 611 g/mol. The Balaban J connectivity index is 0.00000103. The number of carbonyl (C=O) groups excluding carboxylic acids is 1. The van der Waals surface area contributed by atoms with Crippen LogP contribution in [0.25, 0.3) is 22.0 Å². The number of allylic oxidation sites excluding steroid dienone is 2. The third kappa shape index (κ3) is 7.86. The number of nitrogens with one attached hydrogen (secondary N) is 1. The molecule has 1 aliphatic carbocycles. The van der Waals surface area contributed by atoms with E-state index in [0.717, 1.165) is 27.3 Å². The highest BCUT2D eigenvalue weighted by Crippen LogP contribution is 2.35. The molecule has 9 nitrogen and oxygen atoms in total. The first kappa shape index (κ1) is 32.6. The molecule has 1 fully saturated rings. The molecule has 0 spiro atoms. The van der Waals surface area contributed by atoms with E-state index in [9.17, 15) is 13.2 Å². The molecular formula is C28H41N3O6S3. The second-order valence-corrected chi connectivity index (χ2v) is 13.7. The summed E-state index contributed by atoms with van der Waals surface area (Å²) in [5.74, 6) is -0.704. The van der Waals surface area contributed by atoms with Gasteiger partial charge in [0.25, 0.3) is 5.91 Å². The molecule has 0 aromatic carbocycles. The lowest BCUT2D eigenvalue weighted by Crippen LogP contribution is -2.54. The van der Waals surface area contributed by atoms with Gasteiger partial charge in [0.15, 0.2) is 20.9 Å². The molecule has 2 unspecified atom stereocenters. The SMILES string of the molecule is CCCC.CCOCCC(CC)(C(=O)NOC1CCCCO1)S(=O)(=O)C1=CC=c2nc(-c3cncs3)sc2=CC1. The van der Waals surface area contributed by atoms with Gasteiger partial charge in [0.2, 0.25) is 0 Å². The minimum atomic E-state index is -4.09. The molecule has 2 aromatic heterocycles. The van der Waals surface area contributed by atoms with Crippen molar-refractivity contribution in [2.45, 2.75) is 90.1 Å². The van der Waals surface area contributed by atoms with Crippen molar-refractivity contribution >= 4 is 50.6 Å². The molecule has 0 radical (unpaired) electrons. The maximum absolute atomic E-state index is 14.1. The van der Waals surface area contributed by atoms with E-state index in [0.29, 0.717) is 25.0 Å². The topological polar surface area (TPSA) is 117 Å². The largest absolute Gasteiger partial charge is 0.382 e. The predicted octanol–water partition coefficient (Wildman–Crippen LogP) is 4.49. The van der Waals surface area contributed by atoms with Gasteiger partial charge in [0.1, 0.15) is 5.01 Å². The molecule has 2 aromatic rings. The summed E-state index contributed by atoms with van der Waals surface area (Å²) in [5, 5.41) is 1.54. The molecule has 4 rings (SSSR count). The molecule has 222 valence electrons. The fourth-order valence-electron chi connectivity index (χ4n) is 4.21. The number of hydroxylamine groups is 1. The Morgan fingerprint density at radius 2 is 2.00 bits per heavy atom. The summed E-state index contributed by atoms with van der Waals surface area (Å²) in [7, 11) is -4.09. The number of amides is 1. The molecule has 1 aliphatic heterocycles. The quantitative estimate of drug-likeness (QED) is 0.276. The zero-order valence-corrected chi connectivity index (χ0v) is 26.3. The molecule has 0 saturated carbocycles. The van der Waals surface area contributed by atoms with Crippen molar-refractivity contribution in [3.05, 3.63) is 32.6 Å². The highest BCUT2D eigenvalue weighted by molar-refractivity contribution is 7.97. The van der Waals surface area contributed by atoms with Gasteiger partial charge in [-0.05, 0) is 44.8 Å². The summed E-state index contributed by atoms with van der Waals surface area (Å²) in [5.41, 5.74) is 4.16. The Bertz CT molecular complexity index is 1330. The fourth-order valence-corrected chi connectivity index (χ4v) is 7.95. The van der Waals surface area contributed by atoms with Crippen LogP contribution in [0.4, 0.5) is 0 Å². The third-order valence-electron chi connectivity index (χ3n) is 6.86. The highest BCUT2D eigenvalue weighted by Gasteiger charge is 2.50. The van der Waals surface area contributed by atoms with Gasteiger partial charge in [0, 0.05) is 43.8 Å². The molecule has 12 heteroatoms. The van der Waals surface area contributed by atoms with E-state index < -0.39 is 26.8 Å². The molecule has 1 N–H and O–H groups in total. The predicted molar refractivity (Wildman–Crippen MR) is 161 cm³/mol. The van der Waals surface area contributed by atoms with Crippen molar-refractivity contribution in [3.63, 3.8) is 0 Å². The third-order valence-corrected chi connectivity index (χ3v) is 11.6. The standard InChI is InChI=1S/C24H31N3O6S3.C4H10/c1-3-24(12-14-31-4-2,23(28)27-33-21-7-5-6-13-32-21)36(29,30)17-8-10-18-19(11-9-17)35-22(26-18)20-15-25-16-34-20;1-3-4-2/h8,10-11,15-16,21H,3-7,9,12-14H2,1-2H3,(H,27,28);3-4H2,1-2H3. The van der Waals surface area contributed by atoms with Crippen molar-refractivity contribution in [2.24, 2.45) is 0 Å². The zero-order chi connectivity index (χ0) is 29.0. The normalized spacial score (nSPS) is 18.5. The lowest BCUT2D eigenvalue weighted by molar-refractivity contribution is -0.201. The summed E-state index contributed by atoms with van der Waals surface area (Å²) in [6.07, 6.45) is 11.7. The second kappa shape index (κ2) is 15.9. The van der Waals surface area contributed by atoms with Crippen molar-refractivity contribution in [2.75, 3.05) is 19.8 Å². The maximum atomic E-state index is 14.1. The highest BCUT2D eigenvalue weighted by atomic mass is 32.2. The molecule has 2 atom stereocenters. The van der Waals surface area contributed by atoms with Gasteiger partial charge in [-0.3, -0.25) is 9.78 Å². The number of ether oxygens (including phenoxy) is 2. The number of aromatic nitrogens is 2. The van der Waals surface area contributed by atoms with Gasteiger partial charge in [-0.15, -0.1) is 22.7 Å². The molecule has 0 bridgehead atoms. The Hall–Kier alpha value is -1.96. The van der Waals surface area contributed by atoms with Gasteiger partial charge in [0.05, 0.1) is 20.3 Å². The molecule has 3 heterocycles. The van der Waals surface area contributed by atoms with Crippen LogP contribution in [0.5, 0.6) is 0 Å². The maximum Gasteiger partial charge on any atom is 0.265 e. The van der Waals surface area contributed by atoms with Crippen molar-refractivity contribution in [1.29, 1.82) is 0 Å². The first-order valence-electron chi connectivity index (χ1n) is 14.0. The number of hydrogen-bond donors (Lipinski definition) is 1. The summed E-state index contributed by atoms with van der Waals surface area (Å²) < 4.78 is 38.3. The van der Waals surface area contributed by atoms with Crippen LogP contribution < -0.4 is 15.4 Å². The van der Waals surface area contributed by atoms with Crippen LogP contribution >= 0.6 is 22.7 Å².